The maximum Gasteiger partial charge on any atom is 0.411 e. The zero-order valence-electron chi connectivity index (χ0n) is 14.3. The third-order valence-electron chi connectivity index (χ3n) is 4.33. The third kappa shape index (κ3) is 4.71. The average molecular weight is 381 g/mol. The molecule has 26 heavy (non-hydrogen) atoms. The van der Waals surface area contributed by atoms with Gasteiger partial charge in [0.1, 0.15) is 11.6 Å². The van der Waals surface area contributed by atoms with Crippen molar-refractivity contribution in [3.05, 3.63) is 53.1 Å². The predicted molar refractivity (Wildman–Crippen MR) is 97.4 cm³/mol. The summed E-state index contributed by atoms with van der Waals surface area (Å²) in [7, 11) is 2.02. The number of nitrogens with one attached hydrogen (secondary N) is 1. The van der Waals surface area contributed by atoms with Gasteiger partial charge in [-0.15, -0.1) is 0 Å². The highest BCUT2D eigenvalue weighted by molar-refractivity contribution is 6.30. The van der Waals surface area contributed by atoms with E-state index in [1.54, 1.807) is 0 Å². The van der Waals surface area contributed by atoms with E-state index in [0.29, 0.717) is 29.3 Å². The van der Waals surface area contributed by atoms with Gasteiger partial charge in [0.25, 0.3) is 0 Å². The molecule has 1 amide bonds. The van der Waals surface area contributed by atoms with Crippen molar-refractivity contribution in [3.8, 4) is 11.1 Å². The zero-order valence-corrected chi connectivity index (χ0v) is 15.0. The SMILES string of the molecule is CN1CC[C@@H](COC(=O)Nc2ccc(F)cc2-c2cc(F)cc(Cl)c2)C1. The number of likely N-dealkylation sites (tertiary alicyclic amines) is 1. The Morgan fingerprint density at radius 1 is 1.27 bits per heavy atom. The molecular formula is C19H19ClF2N2O2. The van der Waals surface area contributed by atoms with Gasteiger partial charge in [-0.1, -0.05) is 11.6 Å². The molecule has 3 rings (SSSR count). The van der Waals surface area contributed by atoms with E-state index < -0.39 is 17.7 Å². The van der Waals surface area contributed by atoms with Crippen molar-refractivity contribution in [1.82, 2.24) is 4.90 Å². The molecule has 1 N–H and O–H groups in total. The van der Waals surface area contributed by atoms with E-state index in [1.807, 2.05) is 7.05 Å². The molecule has 1 atom stereocenters. The van der Waals surface area contributed by atoms with E-state index >= 15 is 0 Å². The van der Waals surface area contributed by atoms with Crippen molar-refractivity contribution < 1.29 is 18.3 Å². The highest BCUT2D eigenvalue weighted by Gasteiger charge is 2.21. The fourth-order valence-electron chi connectivity index (χ4n) is 3.08. The van der Waals surface area contributed by atoms with Crippen LogP contribution in [-0.2, 0) is 4.74 Å². The van der Waals surface area contributed by atoms with Crippen LogP contribution in [0.15, 0.2) is 36.4 Å². The molecule has 138 valence electrons. The van der Waals surface area contributed by atoms with Gasteiger partial charge in [-0.25, -0.2) is 13.6 Å². The number of rotatable bonds is 4. The summed E-state index contributed by atoms with van der Waals surface area (Å²) in [5, 5.41) is 2.79. The Morgan fingerprint density at radius 2 is 2.08 bits per heavy atom. The van der Waals surface area contributed by atoms with E-state index in [2.05, 4.69) is 10.2 Å². The van der Waals surface area contributed by atoms with Gasteiger partial charge in [0, 0.05) is 23.0 Å². The fourth-order valence-corrected chi connectivity index (χ4v) is 3.30. The van der Waals surface area contributed by atoms with Gasteiger partial charge < -0.3 is 9.64 Å². The first kappa shape index (κ1) is 18.6. The minimum atomic E-state index is -0.630. The number of carbonyl (C=O) groups excluding carboxylic acids is 1. The molecular weight excluding hydrogens is 362 g/mol. The maximum absolute atomic E-state index is 13.7. The van der Waals surface area contributed by atoms with E-state index in [1.165, 1.54) is 30.3 Å². The number of nitrogens with zero attached hydrogens (tertiary/aromatic N) is 1. The molecule has 0 spiro atoms. The van der Waals surface area contributed by atoms with E-state index in [4.69, 9.17) is 16.3 Å². The number of ether oxygens (including phenoxy) is 1. The molecule has 0 aromatic heterocycles. The molecule has 2 aromatic carbocycles. The lowest BCUT2D eigenvalue weighted by Gasteiger charge is -2.14. The van der Waals surface area contributed by atoms with Gasteiger partial charge >= 0.3 is 6.09 Å². The van der Waals surface area contributed by atoms with Gasteiger partial charge in [-0.05, 0) is 62.0 Å². The standard InChI is InChI=1S/C19H19ClF2N2O2/c1-24-5-4-12(10-24)11-26-19(25)23-18-3-2-15(21)9-17(18)13-6-14(20)8-16(22)7-13/h2-3,6-9,12H,4-5,10-11H2,1H3,(H,23,25)/t12-/m1/s1. The Morgan fingerprint density at radius 3 is 2.77 bits per heavy atom. The molecule has 1 fully saturated rings. The summed E-state index contributed by atoms with van der Waals surface area (Å²) in [5.41, 5.74) is 1.01. The van der Waals surface area contributed by atoms with E-state index in [-0.39, 0.29) is 5.02 Å². The van der Waals surface area contributed by atoms with Crippen LogP contribution in [0, 0.1) is 17.6 Å². The minimum absolute atomic E-state index is 0.183. The van der Waals surface area contributed by atoms with Crippen molar-refractivity contribution >= 4 is 23.4 Å². The molecule has 1 saturated heterocycles. The van der Waals surface area contributed by atoms with E-state index in [9.17, 15) is 13.6 Å². The summed E-state index contributed by atoms with van der Waals surface area (Å²) in [5.74, 6) is -0.746. The number of benzene rings is 2. The monoisotopic (exact) mass is 380 g/mol. The van der Waals surface area contributed by atoms with Crippen LogP contribution in [0.3, 0.4) is 0 Å². The van der Waals surface area contributed by atoms with Crippen LogP contribution >= 0.6 is 11.6 Å². The Balaban J connectivity index is 1.74. The molecule has 4 nitrogen and oxygen atoms in total. The van der Waals surface area contributed by atoms with Crippen LogP contribution in [0.2, 0.25) is 5.02 Å². The number of hydrogen-bond donors (Lipinski definition) is 1. The lowest BCUT2D eigenvalue weighted by Crippen LogP contribution is -2.21. The summed E-state index contributed by atoms with van der Waals surface area (Å²) in [6.45, 7) is 2.19. The number of halogens is 3. The van der Waals surface area contributed by atoms with E-state index in [0.717, 1.165) is 25.6 Å². The van der Waals surface area contributed by atoms with Crippen molar-refractivity contribution in [2.75, 3.05) is 32.1 Å². The second kappa shape index (κ2) is 8.01. The van der Waals surface area contributed by atoms with Gasteiger partial charge in [0.15, 0.2) is 0 Å². The highest BCUT2D eigenvalue weighted by Crippen LogP contribution is 2.31. The lowest BCUT2D eigenvalue weighted by atomic mass is 10.0. The molecule has 2 aromatic rings. The summed E-state index contributed by atoms with van der Waals surface area (Å²) in [6, 6.07) is 7.73. The molecule has 0 radical (unpaired) electrons. The quantitative estimate of drug-likeness (QED) is 0.829. The highest BCUT2D eigenvalue weighted by atomic mass is 35.5. The second-order valence-corrected chi connectivity index (χ2v) is 6.92. The first-order valence-corrected chi connectivity index (χ1v) is 8.67. The molecule has 1 aliphatic heterocycles. The van der Waals surface area contributed by atoms with Crippen LogP contribution in [0.5, 0.6) is 0 Å². The average Bonchev–Trinajstić information content (AvgIpc) is 2.99. The molecule has 0 bridgehead atoms. The van der Waals surface area contributed by atoms with Gasteiger partial charge in [0.05, 0.1) is 12.3 Å². The lowest BCUT2D eigenvalue weighted by molar-refractivity contribution is 0.142. The molecule has 7 heteroatoms. The Hall–Kier alpha value is -2.18. The summed E-state index contributed by atoms with van der Waals surface area (Å²) >= 11 is 5.88. The first-order valence-electron chi connectivity index (χ1n) is 8.29. The third-order valence-corrected chi connectivity index (χ3v) is 4.55. The molecule has 0 aliphatic carbocycles. The Bertz CT molecular complexity index is 796. The minimum Gasteiger partial charge on any atom is -0.449 e. The Labute approximate surface area is 155 Å². The van der Waals surface area contributed by atoms with Crippen molar-refractivity contribution in [2.45, 2.75) is 6.42 Å². The largest absolute Gasteiger partial charge is 0.449 e. The first-order chi connectivity index (χ1) is 12.4. The van der Waals surface area contributed by atoms with Crippen molar-refractivity contribution in [1.29, 1.82) is 0 Å². The normalized spacial score (nSPS) is 17.3. The second-order valence-electron chi connectivity index (χ2n) is 6.49. The zero-order chi connectivity index (χ0) is 18.7. The van der Waals surface area contributed by atoms with Crippen LogP contribution < -0.4 is 5.32 Å². The number of anilines is 1. The van der Waals surface area contributed by atoms with Crippen molar-refractivity contribution in [3.63, 3.8) is 0 Å². The maximum atomic E-state index is 13.7. The van der Waals surface area contributed by atoms with Crippen molar-refractivity contribution in [2.24, 2.45) is 5.92 Å². The molecule has 0 saturated carbocycles. The molecule has 1 heterocycles. The summed E-state index contributed by atoms with van der Waals surface area (Å²) in [6.07, 6.45) is 0.350. The van der Waals surface area contributed by atoms with Crippen LogP contribution in [-0.4, -0.2) is 37.7 Å². The number of amides is 1. The predicted octanol–water partition coefficient (Wildman–Crippen LogP) is 4.79. The van der Waals surface area contributed by atoms with Crippen LogP contribution in [0.1, 0.15) is 6.42 Å². The summed E-state index contributed by atoms with van der Waals surface area (Å²) < 4.78 is 32.6. The van der Waals surface area contributed by atoms with Gasteiger partial charge in [-0.2, -0.15) is 0 Å². The summed E-state index contributed by atoms with van der Waals surface area (Å²) in [4.78, 5) is 14.3. The van der Waals surface area contributed by atoms with Crippen LogP contribution in [0.25, 0.3) is 11.1 Å². The smallest absolute Gasteiger partial charge is 0.411 e. The fraction of sp³-hybridized carbons (Fsp3) is 0.316. The molecule has 1 aliphatic rings. The van der Waals surface area contributed by atoms with Crippen LogP contribution in [0.4, 0.5) is 19.3 Å². The molecule has 0 unspecified atom stereocenters. The Kier molecular flexibility index (Phi) is 5.74. The van der Waals surface area contributed by atoms with Gasteiger partial charge in [0.2, 0.25) is 0 Å². The topological polar surface area (TPSA) is 41.6 Å². The number of carbonyl (C=O) groups is 1. The van der Waals surface area contributed by atoms with Gasteiger partial charge in [-0.3, -0.25) is 5.32 Å². The number of hydrogen-bond acceptors (Lipinski definition) is 3.